The smallest absolute Gasteiger partial charge is 0.209 e. The molecule has 20 rings (SSSR count). The molecule has 670 valence electrons. The maximum Gasteiger partial charge on any atom is 0.209 e. The molecule has 0 radical (unpaired) electrons. The summed E-state index contributed by atoms with van der Waals surface area (Å²) in [5.41, 5.74) is 10.6. The number of ether oxygens (including phenoxy) is 2. The maximum absolute atomic E-state index is 12.1. The number of aryl methyl sites for hydroxylation is 4. The van der Waals surface area contributed by atoms with Crippen LogP contribution in [0.2, 0.25) is 10.0 Å². The highest BCUT2D eigenvalue weighted by molar-refractivity contribution is 7.97. The Morgan fingerprint density at radius 2 is 0.727 bits per heavy atom. The number of hydrogen-bond acceptors (Lipinski definition) is 10. The average molecular weight is 1900 g/mol. The highest BCUT2D eigenvalue weighted by Crippen LogP contribution is 2.55. The van der Waals surface area contributed by atoms with Crippen molar-refractivity contribution >= 4 is 172 Å². The van der Waals surface area contributed by atoms with Gasteiger partial charge in [0.05, 0.1) is 23.9 Å². The van der Waals surface area contributed by atoms with E-state index in [-0.39, 0.29) is 113 Å². The Morgan fingerprint density at radius 1 is 0.364 bits per heavy atom. The molecule has 10 nitrogen and oxygen atoms in total. The topological polar surface area (TPSA) is 171 Å². The van der Waals surface area contributed by atoms with E-state index in [1.165, 1.54) is 132 Å². The molecule has 18 heteroatoms. The van der Waals surface area contributed by atoms with Crippen LogP contribution >= 0.6 is 65.1 Å². The van der Waals surface area contributed by atoms with Crippen molar-refractivity contribution in [2.45, 2.75) is 125 Å². The number of benzene rings is 15. The first-order valence-corrected chi connectivity index (χ1v) is 53.0. The van der Waals surface area contributed by atoms with Crippen molar-refractivity contribution in [1.82, 2.24) is 0 Å². The Hall–Kier alpha value is -10.9. The molecule has 0 atom stereocenters. The van der Waals surface area contributed by atoms with Crippen LogP contribution in [0.3, 0.4) is 0 Å². The molecule has 1 aliphatic rings. The quantitative estimate of drug-likeness (QED) is 0.0388. The van der Waals surface area contributed by atoms with E-state index in [9.17, 15) is 18.3 Å². The predicted octanol–water partition coefficient (Wildman–Crippen LogP) is 30.1. The number of rotatable bonds is 19. The summed E-state index contributed by atoms with van der Waals surface area (Å²) in [5, 5.41) is 56.9. The molecular formula is C114H109Cl2O10S6+5. The Bertz CT molecular complexity index is 7250. The van der Waals surface area contributed by atoms with Crippen LogP contribution in [0.1, 0.15) is 109 Å². The van der Waals surface area contributed by atoms with Crippen molar-refractivity contribution in [3.63, 3.8) is 0 Å². The normalized spacial score (nSPS) is 12.1. The van der Waals surface area contributed by atoms with E-state index in [0.29, 0.717) is 32.3 Å². The molecular weight excluding hydrogens is 1790 g/mol. The van der Waals surface area contributed by atoms with Gasteiger partial charge in [0.15, 0.2) is 89.2 Å². The van der Waals surface area contributed by atoms with E-state index >= 15 is 0 Å². The number of ketones is 1. The molecule has 132 heavy (non-hydrogen) atoms. The number of sulfone groups is 1. The molecule has 0 fully saturated rings. The molecule has 0 unspecified atom stereocenters. The summed E-state index contributed by atoms with van der Waals surface area (Å²) in [6, 6.07) is 110. The molecule has 0 aliphatic carbocycles. The summed E-state index contributed by atoms with van der Waals surface area (Å²) < 4.78 is 47.1. The van der Waals surface area contributed by atoms with Gasteiger partial charge in [0, 0.05) is 151 Å². The highest BCUT2D eigenvalue weighted by atomic mass is 35.5. The first-order valence-electron chi connectivity index (χ1n) is 44.4. The van der Waals surface area contributed by atoms with Gasteiger partial charge in [0.1, 0.15) is 23.3 Å². The SMILES string of the molecule is CC(C)(C)c1ccc2c(c1)Oc1cc(C(C)(C)C)ccc1[S+]2c1ccc(CCO)cc1.Cc1ccc2c(c1)c1cc(C)ccc1[s+]2-c1cc(C)c(OCCO)c(C)c1.O=C(CCCO)c1ccc(-[s+]2c3ccccc3c3ccccc32)cc1.O=S(=O)(CCO)c1ccc(-[s+]2c3ccccc3c3ccccc32)cc1.OCCc1ccc(-[s+]2c3ccc(Cl)cc3c3cc(Cl)ccc32)cc1. The van der Waals surface area contributed by atoms with Crippen molar-refractivity contribution in [2.24, 2.45) is 0 Å². The summed E-state index contributed by atoms with van der Waals surface area (Å²) in [6.45, 7) is 22.3. The molecule has 15 aromatic carbocycles. The van der Waals surface area contributed by atoms with E-state index in [4.69, 9.17) is 53.1 Å². The van der Waals surface area contributed by atoms with Gasteiger partial charge in [-0.2, -0.15) is 0 Å². The summed E-state index contributed by atoms with van der Waals surface area (Å²) in [7, 11) is -4.23. The number of Topliss-reactive ketones (excluding diaryl/α,β-unsaturated/α-hetero) is 1. The summed E-state index contributed by atoms with van der Waals surface area (Å²) in [4.78, 5) is 21.1. The second-order valence-electron chi connectivity index (χ2n) is 35.2. The minimum atomic E-state index is -3.42. The fourth-order valence-corrected chi connectivity index (χ4v) is 30.3. The van der Waals surface area contributed by atoms with Crippen molar-refractivity contribution in [3.05, 3.63) is 376 Å². The molecule has 0 amide bonds. The molecule has 0 saturated carbocycles. The van der Waals surface area contributed by atoms with Gasteiger partial charge in [-0.1, -0.05) is 173 Å². The van der Waals surface area contributed by atoms with E-state index in [0.717, 1.165) is 60.0 Å². The first-order chi connectivity index (χ1) is 63.6. The number of fused-ring (bicyclic) bond motifs is 14. The third-order valence-corrected chi connectivity index (χ3v) is 37.6. The van der Waals surface area contributed by atoms with Crippen LogP contribution in [-0.2, 0) is 44.4 Å². The van der Waals surface area contributed by atoms with Crippen LogP contribution < -0.4 is 9.47 Å². The maximum atomic E-state index is 12.1. The third kappa shape index (κ3) is 20.2. The Labute approximate surface area is 796 Å². The Morgan fingerprint density at radius 3 is 1.11 bits per heavy atom. The Kier molecular flexibility index (Phi) is 29.2. The molecule has 5 N–H and O–H groups in total. The monoisotopic (exact) mass is 1900 g/mol. The predicted molar refractivity (Wildman–Crippen MR) is 563 cm³/mol. The summed E-state index contributed by atoms with van der Waals surface area (Å²) in [6.07, 6.45) is 2.29. The first kappa shape index (κ1) is 94.3. The van der Waals surface area contributed by atoms with Gasteiger partial charge >= 0.3 is 0 Å². The van der Waals surface area contributed by atoms with E-state index in [1.807, 2.05) is 72.8 Å². The minimum Gasteiger partial charge on any atom is -0.491 e. The molecule has 4 aromatic heterocycles. The van der Waals surface area contributed by atoms with Gasteiger partial charge in [0.25, 0.3) is 0 Å². The number of carbonyl (C=O) groups is 1. The summed E-state index contributed by atoms with van der Waals surface area (Å²) >= 11 is 12.5. The molecule has 0 bridgehead atoms. The van der Waals surface area contributed by atoms with E-state index in [2.05, 4.69) is 300 Å². The number of hydrogen-bond donors (Lipinski definition) is 5. The standard InChI is InChI=1S/C28H33O2S.C24H25O2S.C22H19O2S.C20H15Cl2OS.C20H17O3S2/c1-27(2,3)20-9-13-25-23(17-20)30-24-18-21(28(4,5)6)10-14-26(24)31(25)22-11-7-19(8-12-22)15-16-29;1-15-5-7-22-20(11-15)21-12-16(2)6-8-23(21)27(22)19-13-17(3)24(18(4)14-19)26-10-9-25;23-15-5-8-20(24)16-11-13-17(14-12-16)25-21-9-3-1-6-18(21)19-7-2-4-10-22(19)25;21-14-3-7-19-17(11-14)18-12-15(22)4-8-20(18)24(19)16-5-1-13(2-6-16)9-10-23;21-13-14-25(22,23)16-11-9-15(10-12-16)24-19-7-3-1-5-17(19)18-6-2-4-8-20(18)24/h7-14,17-18,29H,15-16H2,1-6H3;5-8,11-14,25H,9-10H2,1-4H3;1-4,6-7,9-14,23H,5,8,15H2;1-8,11-12,23H,9-10H2;1-12,21H,13-14H2/q5*+1. The van der Waals surface area contributed by atoms with Crippen LogP contribution in [-0.4, -0.2) is 85.1 Å². The van der Waals surface area contributed by atoms with Gasteiger partial charge in [-0.25, -0.2) is 8.42 Å². The van der Waals surface area contributed by atoms with Crippen molar-refractivity contribution in [3.8, 4) is 36.8 Å². The lowest BCUT2D eigenvalue weighted by atomic mass is 9.87. The number of aliphatic hydroxyl groups is 5. The van der Waals surface area contributed by atoms with Crippen LogP contribution in [0.25, 0.3) is 100 Å². The number of halogens is 2. The molecule has 19 aromatic rings. The lowest BCUT2D eigenvalue weighted by molar-refractivity contribution is 0.0971. The van der Waals surface area contributed by atoms with Gasteiger partial charge in [-0.3, -0.25) is 4.79 Å². The van der Waals surface area contributed by atoms with Crippen LogP contribution in [0, 0.1) is 27.7 Å². The van der Waals surface area contributed by atoms with Gasteiger partial charge in [-0.05, 0) is 285 Å². The van der Waals surface area contributed by atoms with E-state index in [1.54, 1.807) is 12.1 Å². The van der Waals surface area contributed by atoms with Crippen molar-refractivity contribution < 1.29 is 48.2 Å². The summed E-state index contributed by atoms with van der Waals surface area (Å²) in [5.74, 6) is 2.67. The second kappa shape index (κ2) is 40.9. The zero-order valence-electron chi connectivity index (χ0n) is 75.8. The van der Waals surface area contributed by atoms with Gasteiger partial charge < -0.3 is 35.0 Å². The zero-order valence-corrected chi connectivity index (χ0v) is 82.2. The van der Waals surface area contributed by atoms with E-state index < -0.39 is 9.84 Å². The molecule has 0 spiro atoms. The zero-order chi connectivity index (χ0) is 92.9. The number of thiophene rings is 4. The van der Waals surface area contributed by atoms with Crippen LogP contribution in [0.5, 0.6) is 17.2 Å². The minimum absolute atomic E-state index is 0.0322. The van der Waals surface area contributed by atoms with Crippen LogP contribution in [0.4, 0.5) is 0 Å². The molecule has 0 saturated heterocycles. The largest absolute Gasteiger partial charge is 0.491 e. The fraction of sp³-hybridized carbons (Fsp3) is 0.202. The average Bonchev–Trinajstić information content (AvgIpc) is 1.69. The van der Waals surface area contributed by atoms with Gasteiger partial charge in [0.2, 0.25) is 9.79 Å². The lowest BCUT2D eigenvalue weighted by Gasteiger charge is -2.26. The fourth-order valence-electron chi connectivity index (χ4n) is 17.2. The molecule has 1 aliphatic heterocycles. The lowest BCUT2D eigenvalue weighted by Crippen LogP contribution is -2.17. The number of aliphatic hydroxyl groups excluding tert-OH is 5. The van der Waals surface area contributed by atoms with Crippen molar-refractivity contribution in [1.29, 1.82) is 0 Å². The molecule has 5 heterocycles. The second-order valence-corrected chi connectivity index (χ2v) is 48.0. The highest BCUT2D eigenvalue weighted by Gasteiger charge is 2.41. The third-order valence-electron chi connectivity index (χ3n) is 23.8. The van der Waals surface area contributed by atoms with Crippen molar-refractivity contribution in [2.75, 3.05) is 45.4 Å². The van der Waals surface area contributed by atoms with Gasteiger partial charge in [-0.15, -0.1) is 0 Å². The van der Waals surface area contributed by atoms with Crippen LogP contribution in [0.15, 0.2) is 335 Å². The number of carbonyl (C=O) groups excluding carboxylic acids is 1. The Balaban J connectivity index is 0.000000121.